The number of ether oxygens (including phenoxy) is 2. The number of methoxy groups -OCH3 is 1. The van der Waals surface area contributed by atoms with Gasteiger partial charge in [0.15, 0.2) is 11.5 Å². The number of hydrogen-bond donors (Lipinski definition) is 2. The summed E-state index contributed by atoms with van der Waals surface area (Å²) in [5.41, 5.74) is 1.90. The van der Waals surface area contributed by atoms with Gasteiger partial charge in [-0.15, -0.1) is 0 Å². The summed E-state index contributed by atoms with van der Waals surface area (Å²) in [6.45, 7) is 6.38. The van der Waals surface area contributed by atoms with Crippen LogP contribution in [0.2, 0.25) is 5.02 Å². The Labute approximate surface area is 182 Å². The van der Waals surface area contributed by atoms with Gasteiger partial charge >= 0.3 is 0 Å². The van der Waals surface area contributed by atoms with Gasteiger partial charge in [-0.25, -0.2) is 0 Å². The molecule has 0 unspecified atom stereocenters. The van der Waals surface area contributed by atoms with Gasteiger partial charge in [0.2, 0.25) is 11.8 Å². The third-order valence-corrected chi connectivity index (χ3v) is 4.26. The van der Waals surface area contributed by atoms with Crippen LogP contribution in [0.4, 0.5) is 11.4 Å². The van der Waals surface area contributed by atoms with Crippen molar-refractivity contribution in [1.29, 1.82) is 0 Å². The molecule has 0 aliphatic carbocycles. The first-order chi connectivity index (χ1) is 14.3. The Kier molecular flexibility index (Phi) is 8.74. The zero-order valence-electron chi connectivity index (χ0n) is 17.6. The van der Waals surface area contributed by atoms with E-state index in [4.69, 9.17) is 21.1 Å². The molecule has 2 rings (SSSR count). The van der Waals surface area contributed by atoms with Crippen LogP contribution in [0, 0.1) is 5.92 Å². The second-order valence-electron chi connectivity index (χ2n) is 7.04. The molecule has 6 nitrogen and oxygen atoms in total. The highest BCUT2D eigenvalue weighted by atomic mass is 35.5. The fourth-order valence-corrected chi connectivity index (χ4v) is 2.78. The van der Waals surface area contributed by atoms with Gasteiger partial charge in [-0.3, -0.25) is 9.59 Å². The minimum Gasteiger partial charge on any atom is -0.493 e. The average molecular weight is 431 g/mol. The van der Waals surface area contributed by atoms with Gasteiger partial charge < -0.3 is 20.1 Å². The normalized spacial score (nSPS) is 10.9. The van der Waals surface area contributed by atoms with E-state index in [-0.39, 0.29) is 11.8 Å². The van der Waals surface area contributed by atoms with Crippen molar-refractivity contribution in [2.75, 3.05) is 24.4 Å². The highest BCUT2D eigenvalue weighted by molar-refractivity contribution is 6.32. The maximum Gasteiger partial charge on any atom is 0.248 e. The van der Waals surface area contributed by atoms with Crippen LogP contribution in [0.3, 0.4) is 0 Å². The van der Waals surface area contributed by atoms with Crippen molar-refractivity contribution >= 4 is 40.9 Å². The second-order valence-corrected chi connectivity index (χ2v) is 7.45. The number of carbonyl (C=O) groups is 2. The summed E-state index contributed by atoms with van der Waals surface area (Å²) >= 11 is 6.34. The lowest BCUT2D eigenvalue weighted by Gasteiger charge is -2.14. The van der Waals surface area contributed by atoms with Gasteiger partial charge in [0.05, 0.1) is 18.7 Å². The van der Waals surface area contributed by atoms with Crippen LogP contribution in [-0.4, -0.2) is 25.5 Å². The molecule has 160 valence electrons. The predicted molar refractivity (Wildman–Crippen MR) is 121 cm³/mol. The van der Waals surface area contributed by atoms with Crippen LogP contribution in [0.5, 0.6) is 11.5 Å². The fraction of sp³-hybridized carbons (Fsp3) is 0.304. The first-order valence-corrected chi connectivity index (χ1v) is 10.1. The number of hydrogen-bond acceptors (Lipinski definition) is 4. The molecule has 2 amide bonds. The van der Waals surface area contributed by atoms with E-state index in [1.54, 1.807) is 56.5 Å². The van der Waals surface area contributed by atoms with E-state index in [0.717, 1.165) is 0 Å². The number of anilines is 2. The number of benzene rings is 2. The van der Waals surface area contributed by atoms with Gasteiger partial charge in [-0.1, -0.05) is 38.4 Å². The Morgan fingerprint density at radius 2 is 1.83 bits per heavy atom. The summed E-state index contributed by atoms with van der Waals surface area (Å²) in [5.74, 6) is 0.931. The summed E-state index contributed by atoms with van der Waals surface area (Å²) in [6.07, 6.45) is 3.42. The molecule has 2 aromatic carbocycles. The number of amides is 2. The number of halogens is 1. The highest BCUT2D eigenvalue weighted by Crippen LogP contribution is 2.37. The van der Waals surface area contributed by atoms with Crippen LogP contribution >= 0.6 is 11.6 Å². The molecule has 0 saturated carbocycles. The molecular formula is C23H27ClN2O4. The molecule has 2 aromatic rings. The Hall–Kier alpha value is -2.99. The smallest absolute Gasteiger partial charge is 0.248 e. The lowest BCUT2D eigenvalue weighted by atomic mass is 10.1. The van der Waals surface area contributed by atoms with Gasteiger partial charge in [0.1, 0.15) is 0 Å². The zero-order chi connectivity index (χ0) is 22.1. The van der Waals surface area contributed by atoms with E-state index in [0.29, 0.717) is 52.4 Å². The van der Waals surface area contributed by atoms with Crippen molar-refractivity contribution < 1.29 is 19.1 Å². The molecule has 0 fully saturated rings. The van der Waals surface area contributed by atoms with Crippen molar-refractivity contribution in [2.45, 2.75) is 27.2 Å². The van der Waals surface area contributed by atoms with E-state index in [1.165, 1.54) is 6.08 Å². The van der Waals surface area contributed by atoms with E-state index in [9.17, 15) is 9.59 Å². The van der Waals surface area contributed by atoms with Crippen LogP contribution in [0.1, 0.15) is 32.8 Å². The van der Waals surface area contributed by atoms with Crippen molar-refractivity contribution in [1.82, 2.24) is 0 Å². The number of carbonyl (C=O) groups excluding carboxylic acids is 2. The molecule has 0 aliphatic heterocycles. The topological polar surface area (TPSA) is 76.7 Å². The van der Waals surface area contributed by atoms with Crippen LogP contribution in [0.25, 0.3) is 6.08 Å². The molecule has 0 spiro atoms. The predicted octanol–water partition coefficient (Wildman–Crippen LogP) is 5.38. The average Bonchev–Trinajstić information content (AvgIpc) is 2.71. The van der Waals surface area contributed by atoms with Gasteiger partial charge in [-0.2, -0.15) is 0 Å². The molecule has 0 radical (unpaired) electrons. The summed E-state index contributed by atoms with van der Waals surface area (Å²) in [4.78, 5) is 23.8. The minimum absolute atomic E-state index is 0.0926. The first kappa shape index (κ1) is 23.3. The molecule has 7 heteroatoms. The van der Waals surface area contributed by atoms with E-state index >= 15 is 0 Å². The zero-order valence-corrected chi connectivity index (χ0v) is 18.4. The molecule has 0 atom stereocenters. The monoisotopic (exact) mass is 430 g/mol. The van der Waals surface area contributed by atoms with Crippen molar-refractivity contribution in [3.63, 3.8) is 0 Å². The molecule has 0 heterocycles. The minimum atomic E-state index is -0.316. The summed E-state index contributed by atoms with van der Waals surface area (Å²) in [6, 6.07) is 10.4. The van der Waals surface area contributed by atoms with Gasteiger partial charge in [0.25, 0.3) is 0 Å². The summed E-state index contributed by atoms with van der Waals surface area (Å²) < 4.78 is 11.1. The highest BCUT2D eigenvalue weighted by Gasteiger charge is 2.12. The van der Waals surface area contributed by atoms with Crippen molar-refractivity contribution in [3.05, 3.63) is 53.1 Å². The van der Waals surface area contributed by atoms with Crippen molar-refractivity contribution in [3.8, 4) is 11.5 Å². The van der Waals surface area contributed by atoms with Gasteiger partial charge in [-0.05, 0) is 47.9 Å². The van der Waals surface area contributed by atoms with Crippen LogP contribution in [-0.2, 0) is 9.59 Å². The SMILES string of the molecule is CCC(=O)Nc1cccc(NC(=O)/C=C/c2cc(Cl)c(OCC(C)C)c(OC)c2)c1. The maximum atomic E-state index is 12.3. The van der Waals surface area contributed by atoms with E-state index in [2.05, 4.69) is 10.6 Å². The molecule has 2 N–H and O–H groups in total. The second kappa shape index (κ2) is 11.3. The van der Waals surface area contributed by atoms with Crippen molar-refractivity contribution in [2.24, 2.45) is 5.92 Å². The lowest BCUT2D eigenvalue weighted by molar-refractivity contribution is -0.116. The Morgan fingerprint density at radius 1 is 1.13 bits per heavy atom. The summed E-state index contributed by atoms with van der Waals surface area (Å²) in [7, 11) is 1.54. The van der Waals surface area contributed by atoms with E-state index in [1.807, 2.05) is 13.8 Å². The lowest BCUT2D eigenvalue weighted by Crippen LogP contribution is -2.11. The molecule has 30 heavy (non-hydrogen) atoms. The Balaban J connectivity index is 2.08. The largest absolute Gasteiger partial charge is 0.493 e. The van der Waals surface area contributed by atoms with Crippen LogP contribution < -0.4 is 20.1 Å². The standard InChI is InChI=1S/C23H27ClN2O4/c1-5-21(27)25-17-7-6-8-18(13-17)26-22(28)10-9-16-11-19(24)23(20(12-16)29-4)30-14-15(2)3/h6-13,15H,5,14H2,1-4H3,(H,25,27)(H,26,28)/b10-9+. The number of rotatable bonds is 9. The third kappa shape index (κ3) is 7.12. The number of nitrogens with one attached hydrogen (secondary N) is 2. The molecular weight excluding hydrogens is 404 g/mol. The Morgan fingerprint density at radius 3 is 2.47 bits per heavy atom. The molecule has 0 aromatic heterocycles. The van der Waals surface area contributed by atoms with E-state index < -0.39 is 0 Å². The van der Waals surface area contributed by atoms with Crippen LogP contribution in [0.15, 0.2) is 42.5 Å². The first-order valence-electron chi connectivity index (χ1n) is 9.71. The summed E-state index contributed by atoms with van der Waals surface area (Å²) in [5, 5.41) is 5.93. The maximum absolute atomic E-state index is 12.3. The molecule has 0 aliphatic rings. The third-order valence-electron chi connectivity index (χ3n) is 3.97. The molecule has 0 saturated heterocycles. The Bertz CT molecular complexity index is 925. The molecule has 0 bridgehead atoms. The van der Waals surface area contributed by atoms with Gasteiger partial charge in [0, 0.05) is 23.9 Å². The fourth-order valence-electron chi connectivity index (χ4n) is 2.51. The quantitative estimate of drug-likeness (QED) is 0.523.